The molecule has 2 aliphatic carbocycles. The molecule has 7 heteroatoms. The normalized spacial score (nSPS) is 33.9. The Labute approximate surface area is 213 Å². The van der Waals surface area contributed by atoms with Crippen molar-refractivity contribution >= 4 is 6.03 Å². The third kappa shape index (κ3) is 5.44. The predicted octanol–water partition coefficient (Wildman–Crippen LogP) is 1.93. The summed E-state index contributed by atoms with van der Waals surface area (Å²) in [6, 6.07) is 18.2. The molecule has 2 saturated carbocycles. The van der Waals surface area contributed by atoms with Gasteiger partial charge in [0.15, 0.2) is 0 Å². The second-order valence-corrected chi connectivity index (χ2v) is 11.0. The number of urea groups is 1. The van der Waals surface area contributed by atoms with E-state index < -0.39 is 24.3 Å². The minimum absolute atomic E-state index is 0.0990. The van der Waals surface area contributed by atoms with E-state index in [9.17, 15) is 25.2 Å². The summed E-state index contributed by atoms with van der Waals surface area (Å²) in [6.45, 7) is 1.10. The average molecular weight is 495 g/mol. The molecule has 2 amide bonds. The van der Waals surface area contributed by atoms with Gasteiger partial charge in [0.2, 0.25) is 0 Å². The number of rotatable bonds is 10. The van der Waals surface area contributed by atoms with Crippen LogP contribution in [0.25, 0.3) is 0 Å². The van der Waals surface area contributed by atoms with Gasteiger partial charge in [-0.05, 0) is 60.5 Å². The molecule has 7 nitrogen and oxygen atoms in total. The highest BCUT2D eigenvalue weighted by atomic mass is 16.3. The second-order valence-electron chi connectivity index (χ2n) is 11.0. The molecular formula is C29H38N2O5. The number of aliphatic hydroxyl groups excluding tert-OH is 4. The Kier molecular flexibility index (Phi) is 7.62. The van der Waals surface area contributed by atoms with Crippen LogP contribution in [0.5, 0.6) is 0 Å². The van der Waals surface area contributed by atoms with Crippen LogP contribution in [-0.2, 0) is 12.8 Å². The van der Waals surface area contributed by atoms with E-state index in [1.807, 2.05) is 60.7 Å². The molecule has 5 rings (SSSR count). The number of hydrogen-bond acceptors (Lipinski definition) is 5. The summed E-state index contributed by atoms with van der Waals surface area (Å²) in [5.74, 6) is 0.743. The van der Waals surface area contributed by atoms with Gasteiger partial charge in [-0.15, -0.1) is 0 Å². The largest absolute Gasteiger partial charge is 0.396 e. The average Bonchev–Trinajstić information content (AvgIpc) is 3.84. The van der Waals surface area contributed by atoms with Gasteiger partial charge < -0.3 is 30.2 Å². The highest BCUT2D eigenvalue weighted by Crippen LogP contribution is 2.42. The molecule has 3 fully saturated rings. The molecule has 0 bridgehead atoms. The number of carbonyl (C=O) groups excluding carboxylic acids is 1. The third-order valence-electron chi connectivity index (χ3n) is 8.48. The Morgan fingerprint density at radius 2 is 1.03 bits per heavy atom. The van der Waals surface area contributed by atoms with E-state index >= 15 is 0 Å². The van der Waals surface area contributed by atoms with Crippen molar-refractivity contribution in [3.8, 4) is 0 Å². The van der Waals surface area contributed by atoms with Gasteiger partial charge in [-0.25, -0.2) is 4.79 Å². The molecule has 0 spiro atoms. The number of benzene rings is 2. The van der Waals surface area contributed by atoms with Crippen molar-refractivity contribution in [2.45, 2.75) is 50.0 Å². The molecule has 1 aliphatic heterocycles. The molecule has 36 heavy (non-hydrogen) atoms. The fourth-order valence-corrected chi connectivity index (χ4v) is 5.89. The molecule has 3 aliphatic rings. The zero-order valence-electron chi connectivity index (χ0n) is 20.6. The van der Waals surface area contributed by atoms with Crippen LogP contribution in [0.3, 0.4) is 0 Å². The maximum Gasteiger partial charge on any atom is 0.320 e. The van der Waals surface area contributed by atoms with Gasteiger partial charge in [0.25, 0.3) is 0 Å². The van der Waals surface area contributed by atoms with Gasteiger partial charge in [-0.3, -0.25) is 0 Å². The quantitative estimate of drug-likeness (QED) is 0.404. The van der Waals surface area contributed by atoms with Gasteiger partial charge in [0, 0.05) is 26.3 Å². The van der Waals surface area contributed by atoms with Gasteiger partial charge in [0.05, 0.1) is 12.1 Å². The van der Waals surface area contributed by atoms with E-state index in [0.29, 0.717) is 25.9 Å². The lowest BCUT2D eigenvalue weighted by Crippen LogP contribution is -2.52. The van der Waals surface area contributed by atoms with E-state index in [0.717, 1.165) is 24.0 Å². The van der Waals surface area contributed by atoms with Gasteiger partial charge in [-0.2, -0.15) is 0 Å². The molecule has 2 aromatic carbocycles. The first-order chi connectivity index (χ1) is 17.5. The summed E-state index contributed by atoms with van der Waals surface area (Å²) in [4.78, 5) is 17.8. The topological polar surface area (TPSA) is 104 Å². The maximum atomic E-state index is 14.3. The monoisotopic (exact) mass is 494 g/mol. The SMILES string of the molecule is O=C1N(CC2CC2CO)[C@H](Cc2ccccc2)[C@H](O)[C@@H](O)[C@@H](Cc2ccccc2)N1CC1CC1CO. The van der Waals surface area contributed by atoms with Crippen LogP contribution in [0.2, 0.25) is 0 Å². The Morgan fingerprint density at radius 1 is 0.639 bits per heavy atom. The number of carbonyl (C=O) groups is 1. The zero-order valence-corrected chi connectivity index (χ0v) is 20.6. The predicted molar refractivity (Wildman–Crippen MR) is 136 cm³/mol. The van der Waals surface area contributed by atoms with Crippen molar-refractivity contribution in [1.29, 1.82) is 0 Å². The number of nitrogens with zero attached hydrogens (tertiary/aromatic N) is 2. The van der Waals surface area contributed by atoms with E-state index in [1.165, 1.54) is 0 Å². The van der Waals surface area contributed by atoms with E-state index in [1.54, 1.807) is 9.80 Å². The van der Waals surface area contributed by atoms with Crippen molar-refractivity contribution in [2.24, 2.45) is 23.7 Å². The first-order valence-electron chi connectivity index (χ1n) is 13.2. The first-order valence-corrected chi connectivity index (χ1v) is 13.2. The first kappa shape index (κ1) is 25.2. The molecule has 1 heterocycles. The van der Waals surface area contributed by atoms with Crippen LogP contribution < -0.4 is 0 Å². The molecule has 194 valence electrons. The van der Waals surface area contributed by atoms with Crippen LogP contribution in [0.15, 0.2) is 60.7 Å². The molecule has 2 aromatic rings. The standard InChI is InChI=1S/C29H38N2O5/c32-17-23-13-21(23)15-30-25(11-19-7-3-1-4-8-19)27(34)28(35)26(12-20-9-5-2-6-10-20)31(29(30)36)16-22-14-24(22)18-33/h1-10,21-28,32-35H,11-18H2/t21?,22?,23?,24?,25-,26-,27+,28+/m1/s1. The summed E-state index contributed by atoms with van der Waals surface area (Å²) in [5, 5.41) is 42.4. The molecule has 0 radical (unpaired) electrons. The second kappa shape index (κ2) is 10.9. The smallest absolute Gasteiger partial charge is 0.320 e. The summed E-state index contributed by atoms with van der Waals surface area (Å²) in [6.07, 6.45) is 0.365. The minimum Gasteiger partial charge on any atom is -0.396 e. The van der Waals surface area contributed by atoms with Crippen molar-refractivity contribution in [3.05, 3.63) is 71.8 Å². The fourth-order valence-electron chi connectivity index (χ4n) is 5.89. The molecule has 4 unspecified atom stereocenters. The van der Waals surface area contributed by atoms with Crippen molar-refractivity contribution in [2.75, 3.05) is 26.3 Å². The summed E-state index contributed by atoms with van der Waals surface area (Å²) in [5.41, 5.74) is 1.99. The lowest BCUT2D eigenvalue weighted by Gasteiger charge is -2.36. The zero-order chi connectivity index (χ0) is 25.2. The van der Waals surface area contributed by atoms with Crippen LogP contribution in [-0.4, -0.2) is 86.9 Å². The highest BCUT2D eigenvalue weighted by molar-refractivity contribution is 5.76. The molecule has 0 aromatic heterocycles. The molecule has 1 saturated heterocycles. The Bertz CT molecular complexity index is 926. The number of amides is 2. The van der Waals surface area contributed by atoms with Crippen LogP contribution in [0.1, 0.15) is 24.0 Å². The van der Waals surface area contributed by atoms with Gasteiger partial charge in [0.1, 0.15) is 12.2 Å². The van der Waals surface area contributed by atoms with Crippen LogP contribution in [0, 0.1) is 23.7 Å². The Hall–Kier alpha value is -2.45. The highest BCUT2D eigenvalue weighted by Gasteiger charge is 2.50. The van der Waals surface area contributed by atoms with Crippen molar-refractivity contribution in [1.82, 2.24) is 9.80 Å². The minimum atomic E-state index is -1.12. The summed E-state index contributed by atoms with van der Waals surface area (Å²) in [7, 11) is 0. The number of hydrogen-bond donors (Lipinski definition) is 4. The van der Waals surface area contributed by atoms with Crippen molar-refractivity contribution < 1.29 is 25.2 Å². The van der Waals surface area contributed by atoms with Crippen molar-refractivity contribution in [3.63, 3.8) is 0 Å². The van der Waals surface area contributed by atoms with Crippen LogP contribution >= 0.6 is 0 Å². The molecular weight excluding hydrogens is 456 g/mol. The molecule has 8 atom stereocenters. The maximum absolute atomic E-state index is 14.3. The third-order valence-corrected chi connectivity index (χ3v) is 8.48. The van der Waals surface area contributed by atoms with Gasteiger partial charge >= 0.3 is 6.03 Å². The Morgan fingerprint density at radius 3 is 1.36 bits per heavy atom. The van der Waals surface area contributed by atoms with Crippen LogP contribution in [0.4, 0.5) is 4.79 Å². The Balaban J connectivity index is 1.49. The lowest BCUT2D eigenvalue weighted by molar-refractivity contribution is -0.0403. The van der Waals surface area contributed by atoms with E-state index in [2.05, 4.69) is 0 Å². The van der Waals surface area contributed by atoms with E-state index in [4.69, 9.17) is 0 Å². The summed E-state index contributed by atoms with van der Waals surface area (Å²) >= 11 is 0. The summed E-state index contributed by atoms with van der Waals surface area (Å²) < 4.78 is 0. The number of aliphatic hydroxyl groups is 4. The lowest BCUT2D eigenvalue weighted by atomic mass is 9.91. The fraction of sp³-hybridized carbons (Fsp3) is 0.552. The van der Waals surface area contributed by atoms with E-state index in [-0.39, 0.29) is 42.9 Å². The van der Waals surface area contributed by atoms with Gasteiger partial charge in [-0.1, -0.05) is 60.7 Å². The molecule has 4 N–H and O–H groups in total.